The smallest absolute Gasteiger partial charge is 0.140 e. The van der Waals surface area contributed by atoms with E-state index in [1.165, 1.54) is 25.7 Å². The average molecular weight is 229 g/mol. The average Bonchev–Trinajstić information content (AvgIpc) is 2.77. The van der Waals surface area contributed by atoms with Crippen molar-refractivity contribution < 1.29 is 9.94 Å². The molecular formula is C11H23N3O2. The van der Waals surface area contributed by atoms with Crippen LogP contribution in [0.15, 0.2) is 5.16 Å². The summed E-state index contributed by atoms with van der Waals surface area (Å²) in [5.41, 5.74) is 5.41. The van der Waals surface area contributed by atoms with E-state index in [9.17, 15) is 0 Å². The Hall–Kier alpha value is -0.810. The van der Waals surface area contributed by atoms with Crippen molar-refractivity contribution >= 4 is 5.84 Å². The largest absolute Gasteiger partial charge is 0.409 e. The fraction of sp³-hybridized carbons (Fsp3) is 0.909. The monoisotopic (exact) mass is 229 g/mol. The van der Waals surface area contributed by atoms with E-state index in [-0.39, 0.29) is 11.9 Å². The zero-order valence-electron chi connectivity index (χ0n) is 9.98. The van der Waals surface area contributed by atoms with Gasteiger partial charge in [-0.2, -0.15) is 0 Å². The van der Waals surface area contributed by atoms with E-state index in [0.717, 1.165) is 13.2 Å². The maximum absolute atomic E-state index is 8.41. The minimum absolute atomic E-state index is 0.211. The Kier molecular flexibility index (Phi) is 6.18. The third-order valence-electron chi connectivity index (χ3n) is 2.89. The van der Waals surface area contributed by atoms with Crippen LogP contribution in [0.25, 0.3) is 0 Å². The molecule has 0 spiro atoms. The van der Waals surface area contributed by atoms with Crippen LogP contribution in [-0.2, 0) is 4.74 Å². The van der Waals surface area contributed by atoms with Crippen LogP contribution in [0.5, 0.6) is 0 Å². The van der Waals surface area contributed by atoms with Crippen LogP contribution in [-0.4, -0.2) is 36.3 Å². The standard InChI is InChI=1S/C11H23N3O2/c1-9(8-11(12)14-15)13-6-7-16-10-4-2-3-5-10/h9-10,13,15H,2-8H2,1H3,(H2,12,14). The molecule has 1 aliphatic rings. The summed E-state index contributed by atoms with van der Waals surface area (Å²) in [6.45, 7) is 3.56. The number of rotatable bonds is 7. The third-order valence-corrected chi connectivity index (χ3v) is 2.89. The van der Waals surface area contributed by atoms with Gasteiger partial charge in [-0.05, 0) is 19.8 Å². The summed E-state index contributed by atoms with van der Waals surface area (Å²) in [6.07, 6.45) is 6.05. The molecule has 0 heterocycles. The van der Waals surface area contributed by atoms with Gasteiger partial charge in [-0.15, -0.1) is 0 Å². The molecule has 0 bridgehead atoms. The van der Waals surface area contributed by atoms with Crippen LogP contribution in [0.1, 0.15) is 39.0 Å². The maximum atomic E-state index is 8.41. The molecule has 1 unspecified atom stereocenters. The van der Waals surface area contributed by atoms with Crippen LogP contribution in [0, 0.1) is 0 Å². The lowest BCUT2D eigenvalue weighted by molar-refractivity contribution is 0.0594. The zero-order chi connectivity index (χ0) is 11.8. The molecule has 1 atom stereocenters. The summed E-state index contributed by atoms with van der Waals surface area (Å²) in [5, 5.41) is 14.6. The summed E-state index contributed by atoms with van der Waals surface area (Å²) in [5.74, 6) is 0.261. The summed E-state index contributed by atoms with van der Waals surface area (Å²) >= 11 is 0. The first-order valence-electron chi connectivity index (χ1n) is 6.03. The summed E-state index contributed by atoms with van der Waals surface area (Å²) in [7, 11) is 0. The van der Waals surface area contributed by atoms with Crippen molar-refractivity contribution in [1.82, 2.24) is 5.32 Å². The topological polar surface area (TPSA) is 79.9 Å². The lowest BCUT2D eigenvalue weighted by Crippen LogP contribution is -2.33. The maximum Gasteiger partial charge on any atom is 0.140 e. The van der Waals surface area contributed by atoms with Crippen LogP contribution in [0.4, 0.5) is 0 Å². The third kappa shape index (κ3) is 5.32. The van der Waals surface area contributed by atoms with Gasteiger partial charge in [0.1, 0.15) is 5.84 Å². The van der Waals surface area contributed by atoms with Gasteiger partial charge in [0, 0.05) is 19.0 Å². The Labute approximate surface area is 97.0 Å². The second-order valence-corrected chi connectivity index (χ2v) is 4.43. The molecule has 1 saturated carbocycles. The van der Waals surface area contributed by atoms with Crippen LogP contribution >= 0.6 is 0 Å². The quantitative estimate of drug-likeness (QED) is 0.200. The van der Waals surface area contributed by atoms with Crippen molar-refractivity contribution in [2.45, 2.75) is 51.2 Å². The van der Waals surface area contributed by atoms with Gasteiger partial charge in [0.2, 0.25) is 0 Å². The fourth-order valence-electron chi connectivity index (χ4n) is 2.01. The molecule has 1 fully saturated rings. The number of nitrogens with two attached hydrogens (primary N) is 1. The van der Waals surface area contributed by atoms with E-state index < -0.39 is 0 Å². The van der Waals surface area contributed by atoms with Crippen LogP contribution < -0.4 is 11.1 Å². The van der Waals surface area contributed by atoms with Crippen molar-refractivity contribution in [3.63, 3.8) is 0 Å². The Bertz CT molecular complexity index is 215. The van der Waals surface area contributed by atoms with E-state index in [1.807, 2.05) is 6.92 Å². The van der Waals surface area contributed by atoms with E-state index in [1.54, 1.807) is 0 Å². The van der Waals surface area contributed by atoms with Crippen molar-refractivity contribution in [3.8, 4) is 0 Å². The van der Waals surface area contributed by atoms with Gasteiger partial charge in [0.05, 0.1) is 12.7 Å². The molecule has 1 rings (SSSR count). The van der Waals surface area contributed by atoms with Crippen LogP contribution in [0.2, 0.25) is 0 Å². The van der Waals surface area contributed by atoms with Gasteiger partial charge in [-0.25, -0.2) is 0 Å². The van der Waals surface area contributed by atoms with Gasteiger partial charge in [-0.3, -0.25) is 0 Å². The normalized spacial score (nSPS) is 20.2. The first-order chi connectivity index (χ1) is 7.72. The summed E-state index contributed by atoms with van der Waals surface area (Å²) in [6, 6.07) is 0.211. The van der Waals surface area contributed by atoms with Gasteiger partial charge in [-0.1, -0.05) is 18.0 Å². The highest BCUT2D eigenvalue weighted by molar-refractivity contribution is 5.80. The lowest BCUT2D eigenvalue weighted by Gasteiger charge is -2.15. The molecule has 0 aliphatic heterocycles. The minimum Gasteiger partial charge on any atom is -0.409 e. The molecule has 0 radical (unpaired) electrons. The van der Waals surface area contributed by atoms with E-state index in [2.05, 4.69) is 10.5 Å². The highest BCUT2D eigenvalue weighted by Crippen LogP contribution is 2.20. The molecule has 16 heavy (non-hydrogen) atoms. The molecule has 94 valence electrons. The van der Waals surface area contributed by atoms with Gasteiger partial charge in [0.15, 0.2) is 0 Å². The van der Waals surface area contributed by atoms with Crippen molar-refractivity contribution in [2.75, 3.05) is 13.2 Å². The Morgan fingerprint density at radius 3 is 2.88 bits per heavy atom. The Balaban J connectivity index is 1.97. The van der Waals surface area contributed by atoms with Crippen molar-refractivity contribution in [1.29, 1.82) is 0 Å². The molecular weight excluding hydrogens is 206 g/mol. The first kappa shape index (κ1) is 13.3. The van der Waals surface area contributed by atoms with E-state index >= 15 is 0 Å². The number of ether oxygens (including phenoxy) is 1. The predicted octanol–water partition coefficient (Wildman–Crippen LogP) is 1.06. The molecule has 0 amide bonds. The molecule has 5 nitrogen and oxygen atoms in total. The Morgan fingerprint density at radius 2 is 2.25 bits per heavy atom. The van der Waals surface area contributed by atoms with Gasteiger partial charge >= 0.3 is 0 Å². The first-order valence-corrected chi connectivity index (χ1v) is 6.03. The molecule has 5 heteroatoms. The molecule has 0 saturated heterocycles. The SMILES string of the molecule is CC(CC(N)=NO)NCCOC1CCCC1. The zero-order valence-corrected chi connectivity index (χ0v) is 9.98. The fourth-order valence-corrected chi connectivity index (χ4v) is 2.01. The second-order valence-electron chi connectivity index (χ2n) is 4.43. The second kappa shape index (κ2) is 7.46. The molecule has 0 aromatic carbocycles. The molecule has 1 aliphatic carbocycles. The minimum atomic E-state index is 0.211. The summed E-state index contributed by atoms with van der Waals surface area (Å²) < 4.78 is 5.71. The highest BCUT2D eigenvalue weighted by atomic mass is 16.5. The van der Waals surface area contributed by atoms with Crippen molar-refractivity contribution in [3.05, 3.63) is 0 Å². The number of nitrogens with zero attached hydrogens (tertiary/aromatic N) is 1. The molecule has 4 N–H and O–H groups in total. The number of oxime groups is 1. The molecule has 0 aromatic rings. The number of nitrogens with one attached hydrogen (secondary N) is 1. The van der Waals surface area contributed by atoms with E-state index in [4.69, 9.17) is 15.7 Å². The lowest BCUT2D eigenvalue weighted by atomic mass is 10.2. The van der Waals surface area contributed by atoms with Gasteiger partial charge < -0.3 is 21.0 Å². The van der Waals surface area contributed by atoms with Crippen molar-refractivity contribution in [2.24, 2.45) is 10.9 Å². The van der Waals surface area contributed by atoms with Crippen LogP contribution in [0.3, 0.4) is 0 Å². The summed E-state index contributed by atoms with van der Waals surface area (Å²) in [4.78, 5) is 0. The number of hydrogen-bond donors (Lipinski definition) is 3. The van der Waals surface area contributed by atoms with Gasteiger partial charge in [0.25, 0.3) is 0 Å². The van der Waals surface area contributed by atoms with E-state index in [0.29, 0.717) is 12.5 Å². The number of hydrogen-bond acceptors (Lipinski definition) is 4. The molecule has 0 aromatic heterocycles. The Morgan fingerprint density at radius 1 is 1.56 bits per heavy atom. The predicted molar refractivity (Wildman–Crippen MR) is 63.7 cm³/mol. The number of amidine groups is 1. The highest BCUT2D eigenvalue weighted by Gasteiger charge is 2.14.